The van der Waals surface area contributed by atoms with Gasteiger partial charge in [-0.15, -0.1) is 11.3 Å². The number of hydrogen-bond donors (Lipinski definition) is 1. The van der Waals surface area contributed by atoms with Gasteiger partial charge < -0.3 is 15.2 Å². The summed E-state index contributed by atoms with van der Waals surface area (Å²) in [4.78, 5) is 5.49. The van der Waals surface area contributed by atoms with Gasteiger partial charge in [0.15, 0.2) is 0 Å². The number of rotatable bonds is 7. The van der Waals surface area contributed by atoms with E-state index >= 15 is 0 Å². The maximum absolute atomic E-state index is 5.66. The molecule has 0 saturated carbocycles. The van der Waals surface area contributed by atoms with E-state index in [0.29, 0.717) is 25.5 Å². The van der Waals surface area contributed by atoms with Crippen LogP contribution in [-0.2, 0) is 11.2 Å². The lowest BCUT2D eigenvalue weighted by atomic mass is 10.3. The molecule has 2 rings (SSSR count). The highest BCUT2D eigenvalue weighted by atomic mass is 32.1. The molecule has 0 amide bonds. The highest BCUT2D eigenvalue weighted by Crippen LogP contribution is 2.14. The minimum absolute atomic E-state index is 0.533. The summed E-state index contributed by atoms with van der Waals surface area (Å²) in [6.45, 7) is 3.83. The minimum Gasteiger partial charge on any atom is -0.491 e. The molecule has 1 aromatic heterocycles. The topological polar surface area (TPSA) is 57.4 Å². The van der Waals surface area contributed by atoms with Crippen LogP contribution in [0, 0.1) is 6.92 Å². The van der Waals surface area contributed by atoms with Crippen LogP contribution in [0.4, 0.5) is 5.69 Å². The zero-order chi connectivity index (χ0) is 13.5. The summed E-state index contributed by atoms with van der Waals surface area (Å²) >= 11 is 1.68. The fraction of sp³-hybridized carbons (Fsp3) is 0.357. The zero-order valence-corrected chi connectivity index (χ0v) is 11.8. The SMILES string of the molecule is Cc1ncsc1CCOCCOc1cccc(N)c1. The maximum Gasteiger partial charge on any atom is 0.121 e. The lowest BCUT2D eigenvalue weighted by molar-refractivity contribution is 0.103. The standard InChI is InChI=1S/C14H18N2O2S/c1-11-14(19-10-16-11)5-6-17-7-8-18-13-4-2-3-12(15)9-13/h2-4,9-10H,5-8,15H2,1H3. The van der Waals surface area contributed by atoms with Gasteiger partial charge >= 0.3 is 0 Å². The van der Waals surface area contributed by atoms with E-state index in [1.165, 1.54) is 4.88 Å². The Morgan fingerprint density at radius 2 is 2.16 bits per heavy atom. The zero-order valence-electron chi connectivity index (χ0n) is 11.0. The van der Waals surface area contributed by atoms with Crippen molar-refractivity contribution in [1.29, 1.82) is 0 Å². The molecule has 0 unspecified atom stereocenters. The van der Waals surface area contributed by atoms with Gasteiger partial charge in [-0.2, -0.15) is 0 Å². The van der Waals surface area contributed by atoms with Crippen molar-refractivity contribution in [2.45, 2.75) is 13.3 Å². The van der Waals surface area contributed by atoms with E-state index in [1.54, 1.807) is 17.4 Å². The predicted molar refractivity (Wildman–Crippen MR) is 77.7 cm³/mol. The van der Waals surface area contributed by atoms with Gasteiger partial charge in [-0.1, -0.05) is 6.07 Å². The van der Waals surface area contributed by atoms with Crippen molar-refractivity contribution in [1.82, 2.24) is 4.98 Å². The van der Waals surface area contributed by atoms with E-state index in [0.717, 1.165) is 17.9 Å². The maximum atomic E-state index is 5.66. The fourth-order valence-electron chi connectivity index (χ4n) is 1.66. The molecule has 0 fully saturated rings. The van der Waals surface area contributed by atoms with Crippen LogP contribution in [0.3, 0.4) is 0 Å². The lowest BCUT2D eigenvalue weighted by Gasteiger charge is -2.07. The van der Waals surface area contributed by atoms with E-state index < -0.39 is 0 Å². The number of anilines is 1. The molecule has 102 valence electrons. The number of aryl methyl sites for hydroxylation is 1. The van der Waals surface area contributed by atoms with E-state index in [-0.39, 0.29) is 0 Å². The van der Waals surface area contributed by atoms with Crippen LogP contribution >= 0.6 is 11.3 Å². The number of hydrogen-bond acceptors (Lipinski definition) is 5. The Hall–Kier alpha value is -1.59. The smallest absolute Gasteiger partial charge is 0.121 e. The average Bonchev–Trinajstić information content (AvgIpc) is 2.79. The first-order chi connectivity index (χ1) is 9.25. The summed E-state index contributed by atoms with van der Waals surface area (Å²) in [5.74, 6) is 0.780. The molecule has 0 saturated heterocycles. The second kappa shape index (κ2) is 7.11. The molecule has 0 aliphatic carbocycles. The van der Waals surface area contributed by atoms with Crippen molar-refractivity contribution in [2.24, 2.45) is 0 Å². The van der Waals surface area contributed by atoms with Gasteiger partial charge in [0.25, 0.3) is 0 Å². The largest absolute Gasteiger partial charge is 0.491 e. The number of nitrogens with two attached hydrogens (primary N) is 1. The molecule has 2 N–H and O–H groups in total. The lowest BCUT2D eigenvalue weighted by Crippen LogP contribution is -2.08. The first kappa shape index (κ1) is 13.8. The highest BCUT2D eigenvalue weighted by molar-refractivity contribution is 7.09. The van der Waals surface area contributed by atoms with Gasteiger partial charge in [0, 0.05) is 23.1 Å². The molecular formula is C14H18N2O2S. The van der Waals surface area contributed by atoms with Crippen LogP contribution in [0.15, 0.2) is 29.8 Å². The summed E-state index contributed by atoms with van der Waals surface area (Å²) < 4.78 is 11.1. The van der Waals surface area contributed by atoms with Gasteiger partial charge in [-0.05, 0) is 19.1 Å². The summed E-state index contributed by atoms with van der Waals surface area (Å²) in [5.41, 5.74) is 9.34. The second-order valence-corrected chi connectivity index (χ2v) is 5.08. The number of nitrogen functional groups attached to an aromatic ring is 1. The van der Waals surface area contributed by atoms with Crippen molar-refractivity contribution < 1.29 is 9.47 Å². The molecule has 0 aliphatic heterocycles. The van der Waals surface area contributed by atoms with Gasteiger partial charge in [0.05, 0.1) is 24.4 Å². The Morgan fingerprint density at radius 3 is 2.89 bits per heavy atom. The number of aromatic nitrogens is 1. The predicted octanol–water partition coefficient (Wildman–Crippen LogP) is 2.67. The van der Waals surface area contributed by atoms with Crippen LogP contribution in [0.1, 0.15) is 10.6 Å². The summed E-state index contributed by atoms with van der Waals surface area (Å²) in [5, 5.41) is 0. The van der Waals surface area contributed by atoms with Crippen molar-refractivity contribution in [3.8, 4) is 5.75 Å². The van der Waals surface area contributed by atoms with Crippen molar-refractivity contribution >= 4 is 17.0 Å². The fourth-order valence-corrected chi connectivity index (χ4v) is 2.42. The molecule has 5 heteroatoms. The van der Waals surface area contributed by atoms with E-state index in [1.807, 2.05) is 30.6 Å². The molecule has 19 heavy (non-hydrogen) atoms. The number of ether oxygens (including phenoxy) is 2. The highest BCUT2D eigenvalue weighted by Gasteiger charge is 2.01. The molecule has 0 atom stereocenters. The van der Waals surface area contributed by atoms with Crippen LogP contribution in [0.2, 0.25) is 0 Å². The third-order valence-corrected chi connectivity index (χ3v) is 3.67. The Kier molecular flexibility index (Phi) is 5.18. The van der Waals surface area contributed by atoms with E-state index in [9.17, 15) is 0 Å². The van der Waals surface area contributed by atoms with Crippen molar-refractivity contribution in [3.05, 3.63) is 40.3 Å². The van der Waals surface area contributed by atoms with E-state index in [4.69, 9.17) is 15.2 Å². The average molecular weight is 278 g/mol. The summed E-state index contributed by atoms with van der Waals surface area (Å²) in [7, 11) is 0. The van der Waals surface area contributed by atoms with E-state index in [2.05, 4.69) is 4.98 Å². The Balaban J connectivity index is 1.59. The summed E-state index contributed by atoms with van der Waals surface area (Å²) in [6, 6.07) is 7.40. The summed E-state index contributed by atoms with van der Waals surface area (Å²) in [6.07, 6.45) is 0.911. The third kappa shape index (κ3) is 4.54. The van der Waals surface area contributed by atoms with Gasteiger partial charge in [-0.3, -0.25) is 0 Å². The normalized spacial score (nSPS) is 10.6. The van der Waals surface area contributed by atoms with Gasteiger partial charge in [0.1, 0.15) is 12.4 Å². The quantitative estimate of drug-likeness (QED) is 0.625. The monoisotopic (exact) mass is 278 g/mol. The first-order valence-electron chi connectivity index (χ1n) is 6.21. The molecule has 0 radical (unpaired) electrons. The molecule has 4 nitrogen and oxygen atoms in total. The van der Waals surface area contributed by atoms with Crippen LogP contribution < -0.4 is 10.5 Å². The second-order valence-electron chi connectivity index (χ2n) is 4.14. The van der Waals surface area contributed by atoms with Gasteiger partial charge in [0.2, 0.25) is 0 Å². The minimum atomic E-state index is 0.533. The molecule has 0 spiro atoms. The first-order valence-corrected chi connectivity index (χ1v) is 7.09. The number of benzene rings is 1. The molecule has 1 aromatic carbocycles. The number of thiazole rings is 1. The molecule has 1 heterocycles. The number of nitrogens with zero attached hydrogens (tertiary/aromatic N) is 1. The van der Waals surface area contributed by atoms with Crippen LogP contribution in [0.25, 0.3) is 0 Å². The van der Waals surface area contributed by atoms with Crippen molar-refractivity contribution in [3.63, 3.8) is 0 Å². The Labute approximate surface area is 117 Å². The molecule has 0 bridgehead atoms. The molecule has 2 aromatic rings. The van der Waals surface area contributed by atoms with Crippen LogP contribution in [0.5, 0.6) is 5.75 Å². The van der Waals surface area contributed by atoms with Crippen LogP contribution in [-0.4, -0.2) is 24.8 Å². The van der Waals surface area contributed by atoms with Crippen molar-refractivity contribution in [2.75, 3.05) is 25.6 Å². The van der Waals surface area contributed by atoms with Gasteiger partial charge in [-0.25, -0.2) is 4.98 Å². The molecule has 0 aliphatic rings. The molecular weight excluding hydrogens is 260 g/mol. The Bertz CT molecular complexity index is 514. The Morgan fingerprint density at radius 1 is 1.26 bits per heavy atom. The third-order valence-electron chi connectivity index (χ3n) is 2.67.